The standard InChI is InChI=1S/C9H16N6.C4H6O6.2H2O/c1-12-6-2-3-15(5-6)7-4-13-9(11)14-8(7)10;5-1(3(7)8)2(6)4(9)10;;/h4,6,12H,2-3,5H2,1H3,(H4,10,11,13,14);1-2,5-6H,(H,7,8)(H,9,10);2*1H2/t6-;;;/m1.../s1. The van der Waals surface area contributed by atoms with Gasteiger partial charge in [0.2, 0.25) is 5.95 Å². The lowest BCUT2D eigenvalue weighted by Gasteiger charge is -2.19. The lowest BCUT2D eigenvalue weighted by molar-refractivity contribution is -0.165. The van der Waals surface area contributed by atoms with E-state index in [1.54, 1.807) is 6.20 Å². The van der Waals surface area contributed by atoms with Gasteiger partial charge in [-0.3, -0.25) is 0 Å². The third-order valence-corrected chi connectivity index (χ3v) is 3.56. The van der Waals surface area contributed by atoms with Crippen LogP contribution in [0.4, 0.5) is 17.5 Å². The highest BCUT2D eigenvalue weighted by Gasteiger charge is 2.29. The summed E-state index contributed by atoms with van der Waals surface area (Å²) >= 11 is 0. The highest BCUT2D eigenvalue weighted by atomic mass is 16.4. The number of anilines is 3. The normalized spacial score (nSPS) is 17.4. The first-order chi connectivity index (χ1) is 11.7. The number of nitrogens with one attached hydrogen (secondary N) is 1. The summed E-state index contributed by atoms with van der Waals surface area (Å²) < 4.78 is 0. The molecular formula is C13H26N6O8. The van der Waals surface area contributed by atoms with Gasteiger partial charge in [-0.25, -0.2) is 14.6 Å². The molecule has 1 aromatic rings. The molecule has 1 saturated heterocycles. The Labute approximate surface area is 154 Å². The zero-order valence-electron chi connectivity index (χ0n) is 14.5. The quantitative estimate of drug-likeness (QED) is 0.249. The molecule has 0 saturated carbocycles. The monoisotopic (exact) mass is 394 g/mol. The van der Waals surface area contributed by atoms with Crippen LogP contribution in [-0.4, -0.2) is 91.7 Å². The molecule has 27 heavy (non-hydrogen) atoms. The van der Waals surface area contributed by atoms with Crippen molar-refractivity contribution in [2.24, 2.45) is 0 Å². The van der Waals surface area contributed by atoms with E-state index in [4.69, 9.17) is 31.9 Å². The molecule has 0 bridgehead atoms. The maximum Gasteiger partial charge on any atom is 0.335 e. The third kappa shape index (κ3) is 7.55. The summed E-state index contributed by atoms with van der Waals surface area (Å²) in [5, 5.41) is 35.8. The van der Waals surface area contributed by atoms with Crippen molar-refractivity contribution in [3.8, 4) is 0 Å². The predicted molar refractivity (Wildman–Crippen MR) is 95.0 cm³/mol. The number of nitrogens with two attached hydrogens (primary N) is 2. The minimum Gasteiger partial charge on any atom is -0.479 e. The molecule has 0 radical (unpaired) electrons. The second-order valence-electron chi connectivity index (χ2n) is 5.29. The highest BCUT2D eigenvalue weighted by Crippen LogP contribution is 2.24. The van der Waals surface area contributed by atoms with Crippen LogP contribution in [0.15, 0.2) is 6.20 Å². The highest BCUT2D eigenvalue weighted by molar-refractivity contribution is 5.83. The molecule has 2 heterocycles. The van der Waals surface area contributed by atoms with Crippen LogP contribution < -0.4 is 21.7 Å². The number of hydrogen-bond acceptors (Lipinski definition) is 10. The molecule has 0 amide bonds. The lowest BCUT2D eigenvalue weighted by Crippen LogP contribution is -2.39. The first-order valence-corrected chi connectivity index (χ1v) is 7.29. The molecule has 13 N–H and O–H groups in total. The fourth-order valence-electron chi connectivity index (χ4n) is 2.13. The topological polar surface area (TPSA) is 271 Å². The molecule has 0 aliphatic carbocycles. The van der Waals surface area contributed by atoms with E-state index in [0.717, 1.165) is 25.2 Å². The zero-order valence-corrected chi connectivity index (χ0v) is 14.5. The van der Waals surface area contributed by atoms with Gasteiger partial charge < -0.3 is 53.1 Å². The first kappa shape index (κ1) is 26.4. The van der Waals surface area contributed by atoms with Crippen LogP contribution >= 0.6 is 0 Å². The van der Waals surface area contributed by atoms with Crippen LogP contribution in [0.25, 0.3) is 0 Å². The van der Waals surface area contributed by atoms with E-state index in [9.17, 15) is 9.59 Å². The largest absolute Gasteiger partial charge is 0.479 e. The van der Waals surface area contributed by atoms with E-state index >= 15 is 0 Å². The number of carboxylic acids is 2. The summed E-state index contributed by atoms with van der Waals surface area (Å²) in [6, 6.07) is 0.516. The number of hydrogen-bond donors (Lipinski definition) is 7. The van der Waals surface area contributed by atoms with Crippen molar-refractivity contribution >= 4 is 29.4 Å². The van der Waals surface area contributed by atoms with Gasteiger partial charge in [-0.2, -0.15) is 4.98 Å². The van der Waals surface area contributed by atoms with Crippen LogP contribution in [0, 0.1) is 0 Å². The summed E-state index contributed by atoms with van der Waals surface area (Å²) in [5.74, 6) is -2.86. The number of aliphatic carboxylic acids is 2. The van der Waals surface area contributed by atoms with Gasteiger partial charge in [-0.15, -0.1) is 0 Å². The average Bonchev–Trinajstić information content (AvgIpc) is 3.02. The Hall–Kier alpha value is -2.78. The van der Waals surface area contributed by atoms with E-state index in [0.29, 0.717) is 11.9 Å². The molecule has 2 rings (SSSR count). The SMILES string of the molecule is CN[C@@H]1CCN(c2cnc(N)nc2N)C1.O.O.O=C(O)C(O)C(O)C(=O)O. The fraction of sp³-hybridized carbons (Fsp3) is 0.538. The maximum atomic E-state index is 9.77. The number of aliphatic hydroxyl groups is 2. The van der Waals surface area contributed by atoms with Crippen molar-refractivity contribution in [2.75, 3.05) is 36.5 Å². The zero-order chi connectivity index (χ0) is 19.1. The molecule has 1 aliphatic rings. The van der Waals surface area contributed by atoms with E-state index in [1.807, 2.05) is 7.05 Å². The molecule has 1 fully saturated rings. The third-order valence-electron chi connectivity index (χ3n) is 3.56. The Morgan fingerprint density at radius 2 is 1.74 bits per heavy atom. The van der Waals surface area contributed by atoms with Crippen molar-refractivity contribution < 1.29 is 41.0 Å². The summed E-state index contributed by atoms with van der Waals surface area (Å²) in [4.78, 5) is 29.6. The van der Waals surface area contributed by atoms with Gasteiger partial charge in [-0.1, -0.05) is 0 Å². The fourth-order valence-corrected chi connectivity index (χ4v) is 2.13. The number of carboxylic acid groups (broad SMARTS) is 2. The van der Waals surface area contributed by atoms with Gasteiger partial charge in [0.25, 0.3) is 0 Å². The summed E-state index contributed by atoms with van der Waals surface area (Å²) in [6.07, 6.45) is -1.73. The summed E-state index contributed by atoms with van der Waals surface area (Å²) in [6.45, 7) is 1.91. The number of carbonyl (C=O) groups is 2. The molecule has 14 heteroatoms. The van der Waals surface area contributed by atoms with E-state index in [1.165, 1.54) is 0 Å². The van der Waals surface area contributed by atoms with Gasteiger partial charge in [0.1, 0.15) is 0 Å². The van der Waals surface area contributed by atoms with Crippen molar-refractivity contribution in [1.29, 1.82) is 0 Å². The van der Waals surface area contributed by atoms with Gasteiger partial charge >= 0.3 is 11.9 Å². The maximum absolute atomic E-state index is 9.77. The van der Waals surface area contributed by atoms with Gasteiger partial charge in [0.05, 0.1) is 11.9 Å². The van der Waals surface area contributed by atoms with Crippen LogP contribution in [0.1, 0.15) is 6.42 Å². The summed E-state index contributed by atoms with van der Waals surface area (Å²) in [5.41, 5.74) is 12.1. The van der Waals surface area contributed by atoms with Crippen LogP contribution in [0.5, 0.6) is 0 Å². The van der Waals surface area contributed by atoms with E-state index < -0.39 is 24.1 Å². The number of nitrogens with zero attached hydrogens (tertiary/aromatic N) is 3. The first-order valence-electron chi connectivity index (χ1n) is 7.29. The summed E-state index contributed by atoms with van der Waals surface area (Å²) in [7, 11) is 1.97. The molecule has 14 nitrogen and oxygen atoms in total. The minimum absolute atomic E-state index is 0. The Morgan fingerprint density at radius 3 is 2.11 bits per heavy atom. The van der Waals surface area contributed by atoms with Gasteiger partial charge in [0.15, 0.2) is 18.0 Å². The molecule has 0 aromatic carbocycles. The van der Waals surface area contributed by atoms with Crippen molar-refractivity contribution in [1.82, 2.24) is 15.3 Å². The van der Waals surface area contributed by atoms with Crippen LogP contribution in [-0.2, 0) is 9.59 Å². The van der Waals surface area contributed by atoms with Crippen LogP contribution in [0.3, 0.4) is 0 Å². The second kappa shape index (κ2) is 11.8. The molecule has 1 aliphatic heterocycles. The molecule has 2 unspecified atom stereocenters. The smallest absolute Gasteiger partial charge is 0.335 e. The Balaban J connectivity index is 0. The minimum atomic E-state index is -2.27. The number of aromatic nitrogens is 2. The molecule has 0 spiro atoms. The Morgan fingerprint density at radius 1 is 1.22 bits per heavy atom. The molecule has 156 valence electrons. The Kier molecular flexibility index (Phi) is 11.5. The predicted octanol–water partition coefficient (Wildman–Crippen LogP) is -4.33. The van der Waals surface area contributed by atoms with Crippen molar-refractivity contribution in [2.45, 2.75) is 24.7 Å². The number of aliphatic hydroxyl groups excluding tert-OH is 2. The molecular weight excluding hydrogens is 368 g/mol. The number of rotatable bonds is 5. The number of nitrogen functional groups attached to an aromatic ring is 2. The molecule has 3 atom stereocenters. The van der Waals surface area contributed by atoms with Crippen molar-refractivity contribution in [3.63, 3.8) is 0 Å². The Bertz CT molecular complexity index is 600. The van der Waals surface area contributed by atoms with Gasteiger partial charge in [0, 0.05) is 19.1 Å². The second-order valence-corrected chi connectivity index (χ2v) is 5.29. The number of likely N-dealkylation sites (N-methyl/N-ethyl adjacent to an activating group) is 1. The van der Waals surface area contributed by atoms with E-state index in [2.05, 4.69) is 20.2 Å². The lowest BCUT2D eigenvalue weighted by atomic mass is 10.2. The molecule has 1 aromatic heterocycles. The van der Waals surface area contributed by atoms with Crippen molar-refractivity contribution in [3.05, 3.63) is 6.20 Å². The average molecular weight is 394 g/mol. The van der Waals surface area contributed by atoms with Gasteiger partial charge in [-0.05, 0) is 13.5 Å². The van der Waals surface area contributed by atoms with E-state index in [-0.39, 0.29) is 16.9 Å². The van der Waals surface area contributed by atoms with Crippen LogP contribution in [0.2, 0.25) is 0 Å².